The highest BCUT2D eigenvalue weighted by molar-refractivity contribution is 6.74. The Balaban J connectivity index is 2.39. The van der Waals surface area contributed by atoms with Crippen molar-refractivity contribution in [2.45, 2.75) is 71.7 Å². The Morgan fingerprint density at radius 2 is 1.90 bits per heavy atom. The molecule has 0 saturated carbocycles. The van der Waals surface area contributed by atoms with Crippen molar-refractivity contribution >= 4 is 14.4 Å². The van der Waals surface area contributed by atoms with Crippen molar-refractivity contribution in [3.05, 3.63) is 0 Å². The van der Waals surface area contributed by atoms with E-state index in [9.17, 15) is 4.79 Å². The Kier molecular flexibility index (Phi) is 5.30. The van der Waals surface area contributed by atoms with E-state index in [0.717, 1.165) is 19.4 Å². The van der Waals surface area contributed by atoms with E-state index in [2.05, 4.69) is 53.0 Å². The molecule has 0 radical (unpaired) electrons. The lowest BCUT2D eigenvalue weighted by atomic mass is 9.88. The van der Waals surface area contributed by atoms with E-state index in [1.165, 1.54) is 0 Å². The van der Waals surface area contributed by atoms with Gasteiger partial charge in [0.25, 0.3) is 0 Å². The summed E-state index contributed by atoms with van der Waals surface area (Å²) in [4.78, 5) is 11.0. The molecule has 0 spiro atoms. The van der Waals surface area contributed by atoms with Crippen molar-refractivity contribution < 1.29 is 14.0 Å². The summed E-state index contributed by atoms with van der Waals surface area (Å²) in [7, 11) is -1.68. The van der Waals surface area contributed by atoms with E-state index in [1.807, 2.05) is 0 Å². The quantitative estimate of drug-likeness (QED) is 0.756. The number of ether oxygens (including phenoxy) is 1. The van der Waals surface area contributed by atoms with E-state index in [0.29, 0.717) is 6.54 Å². The molecule has 1 fully saturated rings. The van der Waals surface area contributed by atoms with Crippen LogP contribution < -0.4 is 5.32 Å². The topological polar surface area (TPSA) is 47.6 Å². The maximum absolute atomic E-state index is 11.0. The zero-order valence-corrected chi connectivity index (χ0v) is 15.1. The summed E-state index contributed by atoms with van der Waals surface area (Å²) in [6, 6.07) is 0. The lowest BCUT2D eigenvalue weighted by Gasteiger charge is -2.39. The second-order valence-corrected chi connectivity index (χ2v) is 13.0. The number of carbonyl (C=O) groups is 1. The van der Waals surface area contributed by atoms with Gasteiger partial charge in [-0.2, -0.15) is 0 Å². The molecule has 1 atom stereocenters. The molecule has 1 rings (SSSR count). The van der Waals surface area contributed by atoms with Gasteiger partial charge in [0.05, 0.1) is 6.54 Å². The zero-order chi connectivity index (χ0) is 15.6. The van der Waals surface area contributed by atoms with Crippen molar-refractivity contribution in [1.29, 1.82) is 0 Å². The van der Waals surface area contributed by atoms with Crippen LogP contribution in [-0.4, -0.2) is 33.7 Å². The molecule has 4 nitrogen and oxygen atoms in total. The molecule has 5 heteroatoms. The smallest absolute Gasteiger partial charge is 0.407 e. The lowest BCUT2D eigenvalue weighted by Crippen LogP contribution is -2.43. The second-order valence-electron chi connectivity index (χ2n) is 8.16. The van der Waals surface area contributed by atoms with E-state index in [1.54, 1.807) is 0 Å². The number of rotatable bonds is 6. The average Bonchev–Trinajstić information content (AvgIpc) is 2.69. The molecule has 0 aromatic heterocycles. The monoisotopic (exact) mass is 301 g/mol. The minimum atomic E-state index is -1.68. The van der Waals surface area contributed by atoms with Crippen LogP contribution >= 0.6 is 0 Å². The Hall–Kier alpha value is -0.553. The highest BCUT2D eigenvalue weighted by atomic mass is 28.4. The fraction of sp³-hybridized carbons (Fsp3) is 0.933. The summed E-state index contributed by atoms with van der Waals surface area (Å²) in [6.07, 6.45) is 1.63. The number of carbonyl (C=O) groups excluding carboxylic acids is 1. The molecule has 1 amide bonds. The van der Waals surface area contributed by atoms with Gasteiger partial charge in [0, 0.05) is 6.61 Å². The van der Waals surface area contributed by atoms with Crippen molar-refractivity contribution in [3.63, 3.8) is 0 Å². The zero-order valence-electron chi connectivity index (χ0n) is 14.1. The Bertz CT molecular complexity index is 348. The van der Waals surface area contributed by atoms with Crippen molar-refractivity contribution in [2.24, 2.45) is 5.41 Å². The van der Waals surface area contributed by atoms with Gasteiger partial charge in [-0.3, -0.25) is 0 Å². The fourth-order valence-corrected chi connectivity index (χ4v) is 2.99. The number of cyclic esters (lactones) is 1. The highest BCUT2D eigenvalue weighted by Crippen LogP contribution is 2.38. The molecular weight excluding hydrogens is 270 g/mol. The molecular formula is C15H31NO3Si. The molecule has 1 heterocycles. The number of hydrogen-bond acceptors (Lipinski definition) is 3. The van der Waals surface area contributed by atoms with Crippen LogP contribution in [-0.2, 0) is 9.16 Å². The largest absolute Gasteiger partial charge is 0.444 e. The van der Waals surface area contributed by atoms with Crippen LogP contribution in [0.2, 0.25) is 18.1 Å². The lowest BCUT2D eigenvalue weighted by molar-refractivity contribution is 0.108. The number of alkyl carbamates (subject to hydrolysis) is 1. The van der Waals surface area contributed by atoms with Crippen LogP contribution in [0.25, 0.3) is 0 Å². The molecule has 0 aliphatic carbocycles. The number of nitrogens with one attached hydrogen (secondary N) is 1. The molecule has 1 aliphatic heterocycles. The van der Waals surface area contributed by atoms with E-state index < -0.39 is 8.32 Å². The van der Waals surface area contributed by atoms with Crippen LogP contribution in [0.4, 0.5) is 4.79 Å². The molecule has 118 valence electrons. The first-order chi connectivity index (χ1) is 8.93. The molecule has 20 heavy (non-hydrogen) atoms. The summed E-state index contributed by atoms with van der Waals surface area (Å²) in [5.74, 6) is 0. The van der Waals surface area contributed by atoms with Gasteiger partial charge in [0.15, 0.2) is 8.32 Å². The van der Waals surface area contributed by atoms with E-state index >= 15 is 0 Å². The minimum Gasteiger partial charge on any atom is -0.444 e. The summed E-state index contributed by atoms with van der Waals surface area (Å²) in [5.41, 5.74) is 0.116. The summed E-state index contributed by atoms with van der Waals surface area (Å²) in [5, 5.41) is 2.94. The van der Waals surface area contributed by atoms with Crippen LogP contribution in [0.15, 0.2) is 0 Å². The highest BCUT2D eigenvalue weighted by Gasteiger charge is 2.38. The summed E-state index contributed by atoms with van der Waals surface area (Å²) >= 11 is 0. The molecule has 1 unspecified atom stereocenters. The van der Waals surface area contributed by atoms with Gasteiger partial charge in [-0.05, 0) is 36.4 Å². The van der Waals surface area contributed by atoms with E-state index in [4.69, 9.17) is 9.16 Å². The number of amides is 1. The van der Waals surface area contributed by atoms with Gasteiger partial charge < -0.3 is 14.5 Å². The van der Waals surface area contributed by atoms with Crippen LogP contribution in [0.1, 0.15) is 47.5 Å². The van der Waals surface area contributed by atoms with Gasteiger partial charge in [-0.1, -0.05) is 34.6 Å². The van der Waals surface area contributed by atoms with Crippen LogP contribution in [0, 0.1) is 5.41 Å². The van der Waals surface area contributed by atoms with Crippen molar-refractivity contribution in [2.75, 3.05) is 13.2 Å². The van der Waals surface area contributed by atoms with Gasteiger partial charge >= 0.3 is 6.09 Å². The predicted molar refractivity (Wildman–Crippen MR) is 84.4 cm³/mol. The van der Waals surface area contributed by atoms with Crippen LogP contribution in [0.3, 0.4) is 0 Å². The van der Waals surface area contributed by atoms with Crippen molar-refractivity contribution in [1.82, 2.24) is 5.32 Å². The molecule has 0 aromatic rings. The number of hydrogen-bond donors (Lipinski definition) is 1. The van der Waals surface area contributed by atoms with Gasteiger partial charge in [-0.15, -0.1) is 0 Å². The molecule has 0 bridgehead atoms. The third-order valence-corrected chi connectivity index (χ3v) is 9.00. The van der Waals surface area contributed by atoms with Crippen LogP contribution in [0.5, 0.6) is 0 Å². The normalized spacial score (nSPS) is 20.8. The first-order valence-electron chi connectivity index (χ1n) is 7.51. The average molecular weight is 302 g/mol. The van der Waals surface area contributed by atoms with Gasteiger partial charge in [0.2, 0.25) is 0 Å². The summed E-state index contributed by atoms with van der Waals surface area (Å²) < 4.78 is 11.5. The van der Waals surface area contributed by atoms with Crippen molar-refractivity contribution in [3.8, 4) is 0 Å². The first-order valence-corrected chi connectivity index (χ1v) is 10.4. The second kappa shape index (κ2) is 6.06. The molecule has 1 saturated heterocycles. The minimum absolute atomic E-state index is 0.0228. The maximum Gasteiger partial charge on any atom is 0.407 e. The Labute approximate surface area is 124 Å². The van der Waals surface area contributed by atoms with Gasteiger partial charge in [-0.25, -0.2) is 4.79 Å². The Morgan fingerprint density at radius 3 is 2.35 bits per heavy atom. The SMILES string of the molecule is CC(C)(CCC1CNC(=O)O1)CO[Si](C)(C)C(C)(C)C. The first kappa shape index (κ1) is 17.5. The summed E-state index contributed by atoms with van der Waals surface area (Å²) in [6.45, 7) is 17.2. The third-order valence-electron chi connectivity index (χ3n) is 4.52. The molecule has 1 N–H and O–H groups in total. The molecule has 0 aromatic carbocycles. The fourth-order valence-electron chi connectivity index (χ4n) is 1.81. The van der Waals surface area contributed by atoms with E-state index in [-0.39, 0.29) is 22.7 Å². The molecule has 1 aliphatic rings. The Morgan fingerprint density at radius 1 is 1.30 bits per heavy atom. The maximum atomic E-state index is 11.0. The standard InChI is InChI=1S/C15H31NO3Si/c1-14(2,3)20(6,7)18-11-15(4,5)9-8-12-10-16-13(17)19-12/h12H,8-11H2,1-7H3,(H,16,17). The van der Waals surface area contributed by atoms with Gasteiger partial charge in [0.1, 0.15) is 6.10 Å². The third kappa shape index (κ3) is 5.09. The predicted octanol–water partition coefficient (Wildman–Crippen LogP) is 3.92.